The first-order chi connectivity index (χ1) is 10.5. The van der Waals surface area contributed by atoms with Crippen LogP contribution in [0.4, 0.5) is 0 Å². The largest absolute Gasteiger partial charge is 0.352 e. The standard InChI is InChI=1S/C16H22N2O3S/c19-16(18-14-6-8-22(20,21)11-14)5-7-17-15-9-12-3-1-2-4-13(12)10-15/h1-4,14-15,17H,5-11H2,(H,18,19). The van der Waals surface area contributed by atoms with Gasteiger partial charge in [-0.25, -0.2) is 8.42 Å². The van der Waals surface area contributed by atoms with Crippen LogP contribution in [0.2, 0.25) is 0 Å². The van der Waals surface area contributed by atoms with Crippen LogP contribution in [0.3, 0.4) is 0 Å². The number of benzene rings is 1. The lowest BCUT2D eigenvalue weighted by molar-refractivity contribution is -0.121. The van der Waals surface area contributed by atoms with E-state index in [1.807, 2.05) is 0 Å². The second-order valence-corrected chi connectivity index (χ2v) is 8.47. The van der Waals surface area contributed by atoms with Crippen molar-refractivity contribution in [3.05, 3.63) is 35.4 Å². The molecule has 1 saturated heterocycles. The Bertz CT molecular complexity index is 632. The van der Waals surface area contributed by atoms with Crippen LogP contribution in [0.15, 0.2) is 24.3 Å². The number of hydrogen-bond donors (Lipinski definition) is 2. The molecule has 1 aliphatic heterocycles. The number of carbonyl (C=O) groups excluding carboxylic acids is 1. The predicted octanol–water partition coefficient (Wildman–Crippen LogP) is 0.437. The summed E-state index contributed by atoms with van der Waals surface area (Å²) in [6, 6.07) is 8.63. The van der Waals surface area contributed by atoms with Gasteiger partial charge in [0.2, 0.25) is 5.91 Å². The molecular formula is C16H22N2O3S. The van der Waals surface area contributed by atoms with E-state index in [0.29, 0.717) is 25.4 Å². The Labute approximate surface area is 131 Å². The Balaban J connectivity index is 1.37. The zero-order valence-corrected chi connectivity index (χ0v) is 13.4. The second-order valence-electron chi connectivity index (χ2n) is 6.25. The fourth-order valence-electron chi connectivity index (χ4n) is 3.30. The molecule has 1 amide bonds. The maximum Gasteiger partial charge on any atom is 0.221 e. The number of hydrogen-bond acceptors (Lipinski definition) is 4. The normalized spacial score (nSPS) is 23.4. The van der Waals surface area contributed by atoms with E-state index in [2.05, 4.69) is 34.9 Å². The Morgan fingerprint density at radius 3 is 2.41 bits per heavy atom. The third kappa shape index (κ3) is 3.87. The molecule has 0 aromatic heterocycles. The maximum atomic E-state index is 11.9. The van der Waals surface area contributed by atoms with E-state index < -0.39 is 9.84 Å². The van der Waals surface area contributed by atoms with E-state index >= 15 is 0 Å². The van der Waals surface area contributed by atoms with Gasteiger partial charge in [0, 0.05) is 25.0 Å². The number of carbonyl (C=O) groups is 1. The van der Waals surface area contributed by atoms with Gasteiger partial charge in [0.15, 0.2) is 9.84 Å². The lowest BCUT2D eigenvalue weighted by Gasteiger charge is -2.13. The third-order valence-electron chi connectivity index (χ3n) is 4.43. The minimum atomic E-state index is -2.94. The highest BCUT2D eigenvalue weighted by molar-refractivity contribution is 7.91. The molecule has 1 aromatic rings. The summed E-state index contributed by atoms with van der Waals surface area (Å²) in [7, 11) is -2.94. The fourth-order valence-corrected chi connectivity index (χ4v) is 4.98. The molecule has 2 N–H and O–H groups in total. The number of nitrogens with one attached hydrogen (secondary N) is 2. The molecule has 6 heteroatoms. The van der Waals surface area contributed by atoms with Gasteiger partial charge in [0.25, 0.3) is 0 Å². The van der Waals surface area contributed by atoms with Crippen molar-refractivity contribution in [1.82, 2.24) is 10.6 Å². The van der Waals surface area contributed by atoms with Crippen LogP contribution in [0.5, 0.6) is 0 Å². The van der Waals surface area contributed by atoms with Gasteiger partial charge in [0.05, 0.1) is 11.5 Å². The van der Waals surface area contributed by atoms with Crippen molar-refractivity contribution >= 4 is 15.7 Å². The first-order valence-electron chi connectivity index (χ1n) is 7.82. The molecule has 120 valence electrons. The van der Waals surface area contributed by atoms with Gasteiger partial charge in [-0.1, -0.05) is 24.3 Å². The lowest BCUT2D eigenvalue weighted by Crippen LogP contribution is -2.38. The molecule has 5 nitrogen and oxygen atoms in total. The van der Waals surface area contributed by atoms with Gasteiger partial charge in [0.1, 0.15) is 0 Å². The Hall–Kier alpha value is -1.40. The molecule has 1 fully saturated rings. The van der Waals surface area contributed by atoms with Gasteiger partial charge >= 0.3 is 0 Å². The Morgan fingerprint density at radius 2 is 1.82 bits per heavy atom. The van der Waals surface area contributed by atoms with Crippen molar-refractivity contribution in [1.29, 1.82) is 0 Å². The average molecular weight is 322 g/mol. The predicted molar refractivity (Wildman–Crippen MR) is 85.5 cm³/mol. The first-order valence-corrected chi connectivity index (χ1v) is 9.64. The maximum absolute atomic E-state index is 11.9. The zero-order chi connectivity index (χ0) is 15.6. The van der Waals surface area contributed by atoms with Gasteiger partial charge < -0.3 is 10.6 Å². The molecule has 0 saturated carbocycles. The summed E-state index contributed by atoms with van der Waals surface area (Å²) in [5.41, 5.74) is 2.78. The third-order valence-corrected chi connectivity index (χ3v) is 6.20. The monoisotopic (exact) mass is 322 g/mol. The molecule has 1 atom stereocenters. The summed E-state index contributed by atoms with van der Waals surface area (Å²) in [5, 5.41) is 6.24. The highest BCUT2D eigenvalue weighted by atomic mass is 32.2. The second kappa shape index (κ2) is 6.38. The van der Waals surface area contributed by atoms with Crippen LogP contribution in [-0.2, 0) is 27.5 Å². The van der Waals surface area contributed by atoms with E-state index in [-0.39, 0.29) is 23.5 Å². The molecule has 22 heavy (non-hydrogen) atoms. The molecule has 1 aliphatic carbocycles. The van der Waals surface area contributed by atoms with Crippen LogP contribution in [0, 0.1) is 0 Å². The summed E-state index contributed by atoms with van der Waals surface area (Å²) < 4.78 is 22.7. The zero-order valence-electron chi connectivity index (χ0n) is 12.5. The van der Waals surface area contributed by atoms with E-state index in [9.17, 15) is 13.2 Å². The molecule has 0 spiro atoms. The highest BCUT2D eigenvalue weighted by Crippen LogP contribution is 2.21. The van der Waals surface area contributed by atoms with Gasteiger partial charge in [-0.3, -0.25) is 4.79 Å². The summed E-state index contributed by atoms with van der Waals surface area (Å²) in [5.74, 6) is 0.214. The van der Waals surface area contributed by atoms with Gasteiger partial charge in [-0.2, -0.15) is 0 Å². The minimum Gasteiger partial charge on any atom is -0.352 e. The van der Waals surface area contributed by atoms with Crippen molar-refractivity contribution in [2.75, 3.05) is 18.1 Å². The van der Waals surface area contributed by atoms with E-state index in [1.54, 1.807) is 0 Å². The topological polar surface area (TPSA) is 75.3 Å². The smallest absolute Gasteiger partial charge is 0.221 e. The van der Waals surface area contributed by atoms with Gasteiger partial charge in [-0.15, -0.1) is 0 Å². The van der Waals surface area contributed by atoms with E-state index in [4.69, 9.17) is 0 Å². The number of fused-ring (bicyclic) bond motifs is 1. The quantitative estimate of drug-likeness (QED) is 0.825. The lowest BCUT2D eigenvalue weighted by atomic mass is 10.1. The van der Waals surface area contributed by atoms with Crippen LogP contribution in [-0.4, -0.2) is 44.5 Å². The fraction of sp³-hybridized carbons (Fsp3) is 0.562. The number of rotatable bonds is 5. The average Bonchev–Trinajstić information content (AvgIpc) is 3.01. The van der Waals surface area contributed by atoms with Crippen molar-refractivity contribution in [2.24, 2.45) is 0 Å². The van der Waals surface area contributed by atoms with E-state index in [0.717, 1.165) is 12.8 Å². The van der Waals surface area contributed by atoms with Crippen LogP contribution >= 0.6 is 0 Å². The van der Waals surface area contributed by atoms with Crippen molar-refractivity contribution in [3.8, 4) is 0 Å². The molecule has 1 unspecified atom stereocenters. The molecule has 0 bridgehead atoms. The highest BCUT2D eigenvalue weighted by Gasteiger charge is 2.28. The van der Waals surface area contributed by atoms with Gasteiger partial charge in [-0.05, 0) is 30.4 Å². The van der Waals surface area contributed by atoms with Crippen molar-refractivity contribution < 1.29 is 13.2 Å². The summed E-state index contributed by atoms with van der Waals surface area (Å²) in [6.45, 7) is 0.629. The molecular weight excluding hydrogens is 300 g/mol. The first kappa shape index (κ1) is 15.5. The summed E-state index contributed by atoms with van der Waals surface area (Å²) in [6.07, 6.45) is 2.96. The van der Waals surface area contributed by atoms with Crippen molar-refractivity contribution in [3.63, 3.8) is 0 Å². The number of amides is 1. The van der Waals surface area contributed by atoms with Crippen LogP contribution in [0.25, 0.3) is 0 Å². The summed E-state index contributed by atoms with van der Waals surface area (Å²) >= 11 is 0. The van der Waals surface area contributed by atoms with E-state index in [1.165, 1.54) is 11.1 Å². The molecule has 3 rings (SSSR count). The molecule has 1 heterocycles. The number of sulfone groups is 1. The van der Waals surface area contributed by atoms with Crippen molar-refractivity contribution in [2.45, 2.75) is 37.8 Å². The molecule has 0 radical (unpaired) electrons. The minimum absolute atomic E-state index is 0.0647. The Morgan fingerprint density at radius 1 is 1.14 bits per heavy atom. The molecule has 1 aromatic carbocycles. The SMILES string of the molecule is O=C(CCNC1Cc2ccccc2C1)NC1CCS(=O)(=O)C1. The Kier molecular flexibility index (Phi) is 4.49. The van der Waals surface area contributed by atoms with Crippen LogP contribution < -0.4 is 10.6 Å². The molecule has 2 aliphatic rings. The summed E-state index contributed by atoms with van der Waals surface area (Å²) in [4.78, 5) is 11.9. The van der Waals surface area contributed by atoms with Crippen LogP contribution in [0.1, 0.15) is 24.0 Å².